The number of hydrogen-bond donors (Lipinski definition) is 1. The Morgan fingerprint density at radius 1 is 1.29 bits per heavy atom. The molecule has 2 heterocycles. The molecule has 116 valence electrons. The van der Waals surface area contributed by atoms with E-state index in [4.69, 9.17) is 0 Å². The van der Waals surface area contributed by atoms with Crippen LogP contribution in [-0.2, 0) is 0 Å². The number of rotatable bonds is 6. The van der Waals surface area contributed by atoms with Gasteiger partial charge < -0.3 is 15.1 Å². The monoisotopic (exact) mass is 290 g/mol. The summed E-state index contributed by atoms with van der Waals surface area (Å²) in [7, 11) is 0. The molecular weight excluding hydrogens is 264 g/mol. The molecule has 0 radical (unpaired) electrons. The number of pyridine rings is 1. The van der Waals surface area contributed by atoms with Crippen LogP contribution in [0.2, 0.25) is 0 Å². The third-order valence-corrected chi connectivity index (χ3v) is 3.98. The molecule has 0 aromatic carbocycles. The van der Waals surface area contributed by atoms with Crippen LogP contribution < -0.4 is 10.2 Å². The number of piperazine rings is 1. The summed E-state index contributed by atoms with van der Waals surface area (Å²) in [6.07, 6.45) is 3.82. The van der Waals surface area contributed by atoms with Gasteiger partial charge in [-0.15, -0.1) is 0 Å². The molecule has 1 aromatic rings. The number of anilines is 1. The molecule has 1 N–H and O–H groups in total. The molecule has 1 amide bonds. The Bertz CT molecular complexity index is 455. The molecule has 0 aliphatic carbocycles. The molecule has 0 spiro atoms. The average Bonchev–Trinajstić information content (AvgIpc) is 2.55. The van der Waals surface area contributed by atoms with Gasteiger partial charge in [0.2, 0.25) is 0 Å². The second kappa shape index (κ2) is 7.98. The topological polar surface area (TPSA) is 48.5 Å². The normalized spacial score (nSPS) is 16.0. The van der Waals surface area contributed by atoms with Crippen LogP contribution in [0, 0.1) is 0 Å². The van der Waals surface area contributed by atoms with Crippen LogP contribution in [-0.4, -0.2) is 55.1 Å². The summed E-state index contributed by atoms with van der Waals surface area (Å²) in [5.74, 6) is -0.0718. The zero-order valence-corrected chi connectivity index (χ0v) is 13.1. The van der Waals surface area contributed by atoms with Gasteiger partial charge in [0.25, 0.3) is 5.91 Å². The van der Waals surface area contributed by atoms with Gasteiger partial charge in [-0.1, -0.05) is 20.3 Å². The van der Waals surface area contributed by atoms with Crippen molar-refractivity contribution in [1.29, 1.82) is 0 Å². The van der Waals surface area contributed by atoms with E-state index >= 15 is 0 Å². The number of nitrogens with zero attached hydrogens (tertiary/aromatic N) is 3. The summed E-state index contributed by atoms with van der Waals surface area (Å²) < 4.78 is 0. The molecule has 1 saturated heterocycles. The summed E-state index contributed by atoms with van der Waals surface area (Å²) in [4.78, 5) is 21.0. The minimum Gasteiger partial charge on any atom is -0.369 e. The third-order valence-electron chi connectivity index (χ3n) is 3.98. The Morgan fingerprint density at radius 2 is 2.05 bits per heavy atom. The molecule has 5 nitrogen and oxygen atoms in total. The van der Waals surface area contributed by atoms with E-state index in [1.165, 1.54) is 0 Å². The second-order valence-electron chi connectivity index (χ2n) is 5.43. The SMILES string of the molecule is CCCCNC(=O)c1cc(N2CCN(CC)CC2)ccn1. The summed E-state index contributed by atoms with van der Waals surface area (Å²) in [5.41, 5.74) is 1.61. The van der Waals surface area contributed by atoms with Crippen LogP contribution in [0.3, 0.4) is 0 Å². The molecular formula is C16H26N4O. The molecule has 1 fully saturated rings. The minimum absolute atomic E-state index is 0.0718. The molecule has 0 atom stereocenters. The average molecular weight is 290 g/mol. The van der Waals surface area contributed by atoms with Crippen LogP contribution in [0.15, 0.2) is 18.3 Å². The van der Waals surface area contributed by atoms with Crippen molar-refractivity contribution in [2.24, 2.45) is 0 Å². The highest BCUT2D eigenvalue weighted by Crippen LogP contribution is 2.16. The number of unbranched alkanes of at least 4 members (excludes halogenated alkanes) is 1. The van der Waals surface area contributed by atoms with Crippen molar-refractivity contribution < 1.29 is 4.79 Å². The number of aromatic nitrogens is 1. The smallest absolute Gasteiger partial charge is 0.269 e. The summed E-state index contributed by atoms with van der Waals surface area (Å²) in [6.45, 7) is 10.3. The summed E-state index contributed by atoms with van der Waals surface area (Å²) in [5, 5.41) is 2.92. The van der Waals surface area contributed by atoms with E-state index in [1.54, 1.807) is 6.20 Å². The fourth-order valence-corrected chi connectivity index (χ4v) is 2.53. The lowest BCUT2D eigenvalue weighted by molar-refractivity contribution is 0.0948. The van der Waals surface area contributed by atoms with E-state index in [0.29, 0.717) is 5.69 Å². The maximum atomic E-state index is 12.1. The molecule has 2 rings (SSSR count). The summed E-state index contributed by atoms with van der Waals surface area (Å²) >= 11 is 0. The first kappa shape index (κ1) is 15.8. The van der Waals surface area contributed by atoms with E-state index in [-0.39, 0.29) is 5.91 Å². The van der Waals surface area contributed by atoms with Crippen molar-refractivity contribution in [2.45, 2.75) is 26.7 Å². The molecule has 1 aliphatic rings. The van der Waals surface area contributed by atoms with Crippen molar-refractivity contribution in [2.75, 3.05) is 44.2 Å². The van der Waals surface area contributed by atoms with Crippen LogP contribution >= 0.6 is 0 Å². The number of carbonyl (C=O) groups is 1. The van der Waals surface area contributed by atoms with Gasteiger partial charge in [0.1, 0.15) is 5.69 Å². The predicted octanol–water partition coefficient (Wildman–Crippen LogP) is 1.75. The van der Waals surface area contributed by atoms with Crippen LogP contribution in [0.1, 0.15) is 37.2 Å². The van der Waals surface area contributed by atoms with Crippen molar-refractivity contribution >= 4 is 11.6 Å². The van der Waals surface area contributed by atoms with Gasteiger partial charge in [0.15, 0.2) is 0 Å². The number of carbonyl (C=O) groups excluding carboxylic acids is 1. The highest BCUT2D eigenvalue weighted by atomic mass is 16.1. The van der Waals surface area contributed by atoms with Crippen LogP contribution in [0.25, 0.3) is 0 Å². The standard InChI is InChI=1S/C16H26N4O/c1-3-5-7-18-16(21)15-13-14(6-8-17-15)20-11-9-19(4-2)10-12-20/h6,8,13H,3-5,7,9-12H2,1-2H3,(H,18,21). The Balaban J connectivity index is 1.96. The Hall–Kier alpha value is -1.62. The fraction of sp³-hybridized carbons (Fsp3) is 0.625. The molecule has 21 heavy (non-hydrogen) atoms. The van der Waals surface area contributed by atoms with Crippen molar-refractivity contribution in [3.63, 3.8) is 0 Å². The lowest BCUT2D eigenvalue weighted by Gasteiger charge is -2.35. The first-order valence-corrected chi connectivity index (χ1v) is 7.96. The van der Waals surface area contributed by atoms with E-state index in [9.17, 15) is 4.79 Å². The Kier molecular flexibility index (Phi) is 5.99. The van der Waals surface area contributed by atoms with Crippen molar-refractivity contribution in [3.05, 3.63) is 24.0 Å². The highest BCUT2D eigenvalue weighted by molar-refractivity contribution is 5.93. The first-order valence-electron chi connectivity index (χ1n) is 7.96. The second-order valence-corrected chi connectivity index (χ2v) is 5.43. The molecule has 0 saturated carbocycles. The van der Waals surface area contributed by atoms with E-state index in [0.717, 1.165) is 57.8 Å². The van der Waals surface area contributed by atoms with Gasteiger partial charge in [0.05, 0.1) is 0 Å². The van der Waals surface area contributed by atoms with Gasteiger partial charge in [-0.05, 0) is 25.1 Å². The molecule has 5 heteroatoms. The quantitative estimate of drug-likeness (QED) is 0.811. The molecule has 1 aromatic heterocycles. The number of likely N-dealkylation sites (N-methyl/N-ethyl adjacent to an activating group) is 1. The third kappa shape index (κ3) is 4.43. The predicted molar refractivity (Wildman–Crippen MR) is 85.8 cm³/mol. The maximum Gasteiger partial charge on any atom is 0.269 e. The highest BCUT2D eigenvalue weighted by Gasteiger charge is 2.17. The zero-order chi connectivity index (χ0) is 15.1. The largest absolute Gasteiger partial charge is 0.369 e. The number of nitrogens with one attached hydrogen (secondary N) is 1. The Labute approximate surface area is 127 Å². The van der Waals surface area contributed by atoms with Crippen LogP contribution in [0.4, 0.5) is 5.69 Å². The lowest BCUT2D eigenvalue weighted by Crippen LogP contribution is -2.46. The molecule has 0 bridgehead atoms. The first-order chi connectivity index (χ1) is 10.2. The van der Waals surface area contributed by atoms with Gasteiger partial charge in [-0.25, -0.2) is 0 Å². The van der Waals surface area contributed by atoms with Gasteiger partial charge in [0, 0.05) is 44.6 Å². The minimum atomic E-state index is -0.0718. The van der Waals surface area contributed by atoms with E-state index in [1.807, 2.05) is 12.1 Å². The van der Waals surface area contributed by atoms with Crippen molar-refractivity contribution in [1.82, 2.24) is 15.2 Å². The fourth-order valence-electron chi connectivity index (χ4n) is 2.53. The van der Waals surface area contributed by atoms with Gasteiger partial charge >= 0.3 is 0 Å². The lowest BCUT2D eigenvalue weighted by atomic mass is 10.2. The maximum absolute atomic E-state index is 12.1. The summed E-state index contributed by atoms with van der Waals surface area (Å²) in [6, 6.07) is 3.90. The van der Waals surface area contributed by atoms with E-state index < -0.39 is 0 Å². The Morgan fingerprint density at radius 3 is 2.71 bits per heavy atom. The van der Waals surface area contributed by atoms with Crippen LogP contribution in [0.5, 0.6) is 0 Å². The molecule has 1 aliphatic heterocycles. The number of hydrogen-bond acceptors (Lipinski definition) is 4. The number of amides is 1. The molecule has 0 unspecified atom stereocenters. The van der Waals surface area contributed by atoms with E-state index in [2.05, 4.69) is 33.9 Å². The van der Waals surface area contributed by atoms with Crippen molar-refractivity contribution in [3.8, 4) is 0 Å². The zero-order valence-electron chi connectivity index (χ0n) is 13.1. The van der Waals surface area contributed by atoms with Gasteiger partial charge in [-0.3, -0.25) is 9.78 Å². The van der Waals surface area contributed by atoms with Gasteiger partial charge in [-0.2, -0.15) is 0 Å².